The lowest BCUT2D eigenvalue weighted by atomic mass is 10.2. The zero-order chi connectivity index (χ0) is 21.2. The number of nitrogens with one attached hydrogen (secondary N) is 1. The number of carbonyl (C=O) groups is 1. The van der Waals surface area contributed by atoms with Gasteiger partial charge < -0.3 is 14.8 Å². The van der Waals surface area contributed by atoms with E-state index in [4.69, 9.17) is 4.74 Å². The van der Waals surface area contributed by atoms with E-state index in [0.29, 0.717) is 5.69 Å². The van der Waals surface area contributed by atoms with E-state index in [1.54, 1.807) is 24.3 Å². The molecule has 2 aromatic rings. The predicted octanol–water partition coefficient (Wildman–Crippen LogP) is 3.14. The van der Waals surface area contributed by atoms with Gasteiger partial charge in [-0.05, 0) is 43.3 Å². The third-order valence-electron chi connectivity index (χ3n) is 4.08. The zero-order valence-corrected chi connectivity index (χ0v) is 16.0. The van der Waals surface area contributed by atoms with Crippen LogP contribution in [0.3, 0.4) is 0 Å². The minimum Gasteiger partial charge on any atom is -0.476 e. The number of alkyl halides is 3. The largest absolute Gasteiger partial charge is 0.573 e. The van der Waals surface area contributed by atoms with Crippen LogP contribution in [0, 0.1) is 0 Å². The average molecular weight is 430 g/mol. The van der Waals surface area contributed by atoms with Gasteiger partial charge in [-0.2, -0.15) is 0 Å². The van der Waals surface area contributed by atoms with Crippen molar-refractivity contribution in [2.45, 2.75) is 19.4 Å². The van der Waals surface area contributed by atoms with Gasteiger partial charge in [0.25, 0.3) is 5.91 Å². The van der Waals surface area contributed by atoms with E-state index in [2.05, 4.69) is 10.1 Å². The van der Waals surface area contributed by atoms with Crippen molar-refractivity contribution in [2.75, 3.05) is 21.9 Å². The number of hydrogen-bond acceptors (Lipinski definition) is 5. The number of carbonyl (C=O) groups excluding carboxylic acids is 1. The van der Waals surface area contributed by atoms with Crippen LogP contribution in [0.1, 0.15) is 6.92 Å². The highest BCUT2D eigenvalue weighted by Gasteiger charge is 2.36. The first-order valence-electron chi connectivity index (χ1n) is 8.52. The summed E-state index contributed by atoms with van der Waals surface area (Å²) in [5.41, 5.74) is 0.545. The van der Waals surface area contributed by atoms with E-state index in [0.717, 1.165) is 16.4 Å². The first-order chi connectivity index (χ1) is 13.6. The normalized spacial score (nSPS) is 16.6. The maximum absolute atomic E-state index is 12.6. The predicted molar refractivity (Wildman–Crippen MR) is 99.4 cm³/mol. The van der Waals surface area contributed by atoms with Gasteiger partial charge >= 0.3 is 6.36 Å². The number of halogens is 3. The summed E-state index contributed by atoms with van der Waals surface area (Å²) >= 11 is 0. The molecule has 3 rings (SSSR count). The third kappa shape index (κ3) is 4.91. The van der Waals surface area contributed by atoms with Gasteiger partial charge in [0.1, 0.15) is 11.5 Å². The van der Waals surface area contributed by atoms with Crippen LogP contribution < -0.4 is 19.1 Å². The molecule has 7 nitrogen and oxygen atoms in total. The maximum Gasteiger partial charge on any atom is 0.573 e. The Morgan fingerprint density at radius 3 is 2.48 bits per heavy atom. The van der Waals surface area contributed by atoms with Crippen LogP contribution in [0.15, 0.2) is 48.5 Å². The molecule has 0 unspecified atom stereocenters. The monoisotopic (exact) mass is 430 g/mol. The molecular weight excluding hydrogens is 413 g/mol. The van der Waals surface area contributed by atoms with E-state index in [1.165, 1.54) is 19.1 Å². The van der Waals surface area contributed by atoms with Crippen LogP contribution in [0.2, 0.25) is 0 Å². The minimum absolute atomic E-state index is 0.156. The van der Waals surface area contributed by atoms with Crippen molar-refractivity contribution in [3.05, 3.63) is 48.5 Å². The molecule has 1 aliphatic heterocycles. The first-order valence-corrected chi connectivity index (χ1v) is 10.1. The molecule has 1 heterocycles. The SMILES string of the molecule is CCS(=O)(=O)N1C[C@@H](C(=O)Nc2ccc(OC(F)(F)F)cc2)Oc2ccccc21. The van der Waals surface area contributed by atoms with E-state index < -0.39 is 34.1 Å². The fraction of sp³-hybridized carbons (Fsp3) is 0.278. The van der Waals surface area contributed by atoms with Crippen LogP contribution >= 0.6 is 0 Å². The molecule has 1 atom stereocenters. The van der Waals surface area contributed by atoms with Crippen LogP contribution in [0.4, 0.5) is 24.5 Å². The smallest absolute Gasteiger partial charge is 0.476 e. The zero-order valence-electron chi connectivity index (χ0n) is 15.1. The first kappa shape index (κ1) is 20.8. The highest BCUT2D eigenvalue weighted by Crippen LogP contribution is 2.35. The molecule has 1 amide bonds. The number of para-hydroxylation sites is 2. The van der Waals surface area contributed by atoms with Gasteiger partial charge in [-0.1, -0.05) is 12.1 Å². The molecule has 0 aliphatic carbocycles. The Morgan fingerprint density at radius 1 is 1.21 bits per heavy atom. The summed E-state index contributed by atoms with van der Waals surface area (Å²) in [5.74, 6) is -0.986. The second-order valence-electron chi connectivity index (χ2n) is 6.07. The molecule has 2 aromatic carbocycles. The van der Waals surface area contributed by atoms with Crippen molar-refractivity contribution in [1.29, 1.82) is 0 Å². The molecule has 0 fully saturated rings. The van der Waals surface area contributed by atoms with Crippen LogP contribution in [0.25, 0.3) is 0 Å². The van der Waals surface area contributed by atoms with Gasteiger partial charge in [-0.3, -0.25) is 9.10 Å². The average Bonchev–Trinajstić information content (AvgIpc) is 2.67. The van der Waals surface area contributed by atoms with Crippen LogP contribution in [-0.4, -0.2) is 39.1 Å². The molecule has 156 valence electrons. The highest BCUT2D eigenvalue weighted by molar-refractivity contribution is 7.92. The second-order valence-corrected chi connectivity index (χ2v) is 8.25. The van der Waals surface area contributed by atoms with E-state index >= 15 is 0 Å². The van der Waals surface area contributed by atoms with Gasteiger partial charge in [0.05, 0.1) is 18.0 Å². The molecule has 11 heteroatoms. The van der Waals surface area contributed by atoms with Crippen molar-refractivity contribution in [1.82, 2.24) is 0 Å². The standard InChI is InChI=1S/C18H17F3N2O5S/c1-2-29(25,26)23-11-16(27-15-6-4-3-5-14(15)23)17(24)22-12-7-9-13(10-8-12)28-18(19,20)21/h3-10,16H,2,11H2,1H3,(H,22,24)/t16-/m0/s1. The topological polar surface area (TPSA) is 84.9 Å². The Kier molecular flexibility index (Phi) is 5.60. The number of amides is 1. The van der Waals surface area contributed by atoms with Gasteiger partial charge in [-0.15, -0.1) is 13.2 Å². The summed E-state index contributed by atoms with van der Waals surface area (Å²) in [6, 6.07) is 11.0. The number of nitrogens with zero attached hydrogens (tertiary/aromatic N) is 1. The lowest BCUT2D eigenvalue weighted by Gasteiger charge is -2.34. The van der Waals surface area contributed by atoms with Crippen molar-refractivity contribution in [3.63, 3.8) is 0 Å². The Labute approximate surface area is 165 Å². The molecule has 0 spiro atoms. The number of benzene rings is 2. The molecular formula is C18H17F3N2O5S. The highest BCUT2D eigenvalue weighted by atomic mass is 32.2. The molecule has 0 radical (unpaired) electrons. The molecule has 1 aliphatic rings. The fourth-order valence-electron chi connectivity index (χ4n) is 2.72. The van der Waals surface area contributed by atoms with Crippen molar-refractivity contribution in [3.8, 4) is 11.5 Å². The second kappa shape index (κ2) is 7.82. The number of rotatable bonds is 5. The lowest BCUT2D eigenvalue weighted by molar-refractivity contribution is -0.274. The summed E-state index contributed by atoms with van der Waals surface area (Å²) < 4.78 is 72.0. The molecule has 0 aromatic heterocycles. The molecule has 0 bridgehead atoms. The van der Waals surface area contributed by atoms with E-state index in [9.17, 15) is 26.4 Å². The van der Waals surface area contributed by atoms with Crippen LogP contribution in [-0.2, 0) is 14.8 Å². The Hall–Kier alpha value is -2.95. The quantitative estimate of drug-likeness (QED) is 0.788. The van der Waals surface area contributed by atoms with Crippen molar-refractivity contribution < 1.29 is 35.9 Å². The Morgan fingerprint density at radius 2 is 1.86 bits per heavy atom. The Bertz CT molecular complexity index is 993. The van der Waals surface area contributed by atoms with Gasteiger partial charge in [0.15, 0.2) is 6.10 Å². The van der Waals surface area contributed by atoms with E-state index in [1.807, 2.05) is 0 Å². The molecule has 29 heavy (non-hydrogen) atoms. The third-order valence-corrected chi connectivity index (χ3v) is 5.83. The Balaban J connectivity index is 1.76. The number of ether oxygens (including phenoxy) is 2. The maximum atomic E-state index is 12.6. The minimum atomic E-state index is -4.82. The van der Waals surface area contributed by atoms with Gasteiger partial charge in [-0.25, -0.2) is 8.42 Å². The molecule has 0 saturated carbocycles. The summed E-state index contributed by atoms with van der Waals surface area (Å²) in [6.45, 7) is 1.27. The lowest BCUT2D eigenvalue weighted by Crippen LogP contribution is -2.49. The summed E-state index contributed by atoms with van der Waals surface area (Å²) in [6.07, 6.45) is -5.96. The summed E-state index contributed by atoms with van der Waals surface area (Å²) in [5, 5.41) is 2.50. The number of sulfonamides is 1. The summed E-state index contributed by atoms with van der Waals surface area (Å²) in [4.78, 5) is 12.6. The molecule has 0 saturated heterocycles. The molecule has 1 N–H and O–H groups in total. The van der Waals surface area contributed by atoms with E-state index in [-0.39, 0.29) is 23.7 Å². The summed E-state index contributed by atoms with van der Waals surface area (Å²) in [7, 11) is -3.65. The number of fused-ring (bicyclic) bond motifs is 1. The van der Waals surface area contributed by atoms with Crippen molar-refractivity contribution >= 4 is 27.3 Å². The number of hydrogen-bond donors (Lipinski definition) is 1. The van der Waals surface area contributed by atoms with Gasteiger partial charge in [0.2, 0.25) is 10.0 Å². The number of anilines is 2. The van der Waals surface area contributed by atoms with Crippen LogP contribution in [0.5, 0.6) is 11.5 Å². The van der Waals surface area contributed by atoms with Crippen molar-refractivity contribution in [2.24, 2.45) is 0 Å². The fourth-order valence-corrected chi connectivity index (χ4v) is 3.85. The van der Waals surface area contributed by atoms with Gasteiger partial charge in [0, 0.05) is 5.69 Å².